The van der Waals surface area contributed by atoms with Crippen LogP contribution in [0.1, 0.15) is 50.0 Å². The van der Waals surface area contributed by atoms with Gasteiger partial charge >= 0.3 is 0 Å². The SMILES string of the molecule is O=C1CCC(c2ccc(OC3CCC(CO)CC3)cc2)C(=O)N1. The van der Waals surface area contributed by atoms with Crippen molar-refractivity contribution in [2.75, 3.05) is 6.61 Å². The van der Waals surface area contributed by atoms with Crippen LogP contribution in [0.2, 0.25) is 0 Å². The smallest absolute Gasteiger partial charge is 0.234 e. The minimum Gasteiger partial charge on any atom is -0.490 e. The molecule has 124 valence electrons. The molecule has 1 saturated heterocycles. The zero-order valence-electron chi connectivity index (χ0n) is 13.2. The van der Waals surface area contributed by atoms with E-state index in [2.05, 4.69) is 5.32 Å². The van der Waals surface area contributed by atoms with E-state index < -0.39 is 0 Å². The number of amides is 2. The Labute approximate surface area is 136 Å². The highest BCUT2D eigenvalue weighted by Gasteiger charge is 2.28. The lowest BCUT2D eigenvalue weighted by molar-refractivity contribution is -0.134. The van der Waals surface area contributed by atoms with E-state index in [9.17, 15) is 9.59 Å². The number of aliphatic hydroxyl groups excluding tert-OH is 1. The largest absolute Gasteiger partial charge is 0.490 e. The van der Waals surface area contributed by atoms with Crippen LogP contribution in [0.15, 0.2) is 24.3 Å². The van der Waals surface area contributed by atoms with E-state index in [-0.39, 0.29) is 30.4 Å². The summed E-state index contributed by atoms with van der Waals surface area (Å²) in [6, 6.07) is 7.62. The average Bonchev–Trinajstić information content (AvgIpc) is 2.57. The van der Waals surface area contributed by atoms with Gasteiger partial charge in [-0.2, -0.15) is 0 Å². The monoisotopic (exact) mass is 317 g/mol. The van der Waals surface area contributed by atoms with E-state index in [1.165, 1.54) is 0 Å². The summed E-state index contributed by atoms with van der Waals surface area (Å²) < 4.78 is 6.00. The molecule has 2 amide bonds. The van der Waals surface area contributed by atoms with Gasteiger partial charge in [-0.1, -0.05) is 12.1 Å². The third kappa shape index (κ3) is 3.91. The van der Waals surface area contributed by atoms with E-state index in [0.717, 1.165) is 37.0 Å². The third-order valence-corrected chi connectivity index (χ3v) is 4.88. The van der Waals surface area contributed by atoms with Crippen molar-refractivity contribution in [1.82, 2.24) is 5.32 Å². The van der Waals surface area contributed by atoms with Gasteiger partial charge in [-0.3, -0.25) is 14.9 Å². The summed E-state index contributed by atoms with van der Waals surface area (Å²) in [6.45, 7) is 0.271. The second-order valence-corrected chi connectivity index (χ2v) is 6.52. The topological polar surface area (TPSA) is 75.6 Å². The molecule has 23 heavy (non-hydrogen) atoms. The number of hydrogen-bond acceptors (Lipinski definition) is 4. The molecule has 5 nitrogen and oxygen atoms in total. The minimum atomic E-state index is -0.248. The van der Waals surface area contributed by atoms with Gasteiger partial charge < -0.3 is 9.84 Å². The van der Waals surface area contributed by atoms with E-state index in [0.29, 0.717) is 18.8 Å². The van der Waals surface area contributed by atoms with Crippen LogP contribution in [0.4, 0.5) is 0 Å². The van der Waals surface area contributed by atoms with Crippen molar-refractivity contribution in [1.29, 1.82) is 0 Å². The van der Waals surface area contributed by atoms with Crippen LogP contribution in [-0.2, 0) is 9.59 Å². The van der Waals surface area contributed by atoms with Crippen LogP contribution in [0, 0.1) is 5.92 Å². The molecule has 1 aromatic rings. The molecule has 1 heterocycles. The van der Waals surface area contributed by atoms with Crippen molar-refractivity contribution < 1.29 is 19.4 Å². The normalized spacial score (nSPS) is 28.3. The zero-order chi connectivity index (χ0) is 16.2. The summed E-state index contributed by atoms with van der Waals surface area (Å²) in [5.74, 6) is 0.585. The van der Waals surface area contributed by atoms with Crippen LogP contribution >= 0.6 is 0 Å². The number of imide groups is 1. The Balaban J connectivity index is 1.57. The summed E-state index contributed by atoms with van der Waals surface area (Å²) in [6.07, 6.45) is 5.13. The van der Waals surface area contributed by atoms with Crippen LogP contribution in [0.25, 0.3) is 0 Å². The van der Waals surface area contributed by atoms with Gasteiger partial charge in [-0.15, -0.1) is 0 Å². The summed E-state index contributed by atoms with van der Waals surface area (Å²) in [5.41, 5.74) is 0.923. The number of carbonyl (C=O) groups is 2. The lowest BCUT2D eigenvalue weighted by atomic mass is 9.88. The van der Waals surface area contributed by atoms with Crippen molar-refractivity contribution in [3.63, 3.8) is 0 Å². The molecule has 0 bridgehead atoms. The fourth-order valence-electron chi connectivity index (χ4n) is 3.42. The molecule has 1 saturated carbocycles. The van der Waals surface area contributed by atoms with Crippen LogP contribution < -0.4 is 10.1 Å². The second-order valence-electron chi connectivity index (χ2n) is 6.52. The molecule has 3 rings (SSSR count). The Morgan fingerprint density at radius 2 is 1.74 bits per heavy atom. The van der Waals surface area contributed by atoms with E-state index in [1.807, 2.05) is 24.3 Å². The van der Waals surface area contributed by atoms with Crippen molar-refractivity contribution in [3.05, 3.63) is 29.8 Å². The number of aliphatic hydroxyl groups is 1. The van der Waals surface area contributed by atoms with E-state index in [1.54, 1.807) is 0 Å². The fourth-order valence-corrected chi connectivity index (χ4v) is 3.42. The van der Waals surface area contributed by atoms with Gasteiger partial charge in [0, 0.05) is 13.0 Å². The zero-order valence-corrected chi connectivity index (χ0v) is 13.2. The number of piperidine rings is 1. The molecular formula is C18H23NO4. The molecule has 1 atom stereocenters. The number of benzene rings is 1. The molecule has 1 aromatic carbocycles. The lowest BCUT2D eigenvalue weighted by Crippen LogP contribution is -2.39. The summed E-state index contributed by atoms with van der Waals surface area (Å²) in [5, 5.41) is 11.6. The maximum atomic E-state index is 11.9. The van der Waals surface area contributed by atoms with Gasteiger partial charge in [-0.25, -0.2) is 0 Å². The van der Waals surface area contributed by atoms with Crippen LogP contribution in [0.5, 0.6) is 5.75 Å². The Hall–Kier alpha value is -1.88. The molecular weight excluding hydrogens is 294 g/mol. The maximum Gasteiger partial charge on any atom is 0.234 e. The second kappa shape index (κ2) is 7.13. The molecule has 5 heteroatoms. The number of hydrogen-bond donors (Lipinski definition) is 2. The Morgan fingerprint density at radius 1 is 1.04 bits per heavy atom. The first-order valence-corrected chi connectivity index (χ1v) is 8.37. The highest BCUT2D eigenvalue weighted by molar-refractivity contribution is 6.00. The Kier molecular flexibility index (Phi) is 4.96. The molecule has 0 spiro atoms. The van der Waals surface area contributed by atoms with Gasteiger partial charge in [0.25, 0.3) is 0 Å². The van der Waals surface area contributed by atoms with E-state index in [4.69, 9.17) is 9.84 Å². The first kappa shape index (κ1) is 16.0. The molecule has 1 aliphatic carbocycles. The van der Waals surface area contributed by atoms with Crippen molar-refractivity contribution in [2.24, 2.45) is 5.92 Å². The summed E-state index contributed by atoms with van der Waals surface area (Å²) in [4.78, 5) is 23.1. The Bertz CT molecular complexity index is 561. The molecule has 0 radical (unpaired) electrons. The van der Waals surface area contributed by atoms with Gasteiger partial charge in [0.1, 0.15) is 5.75 Å². The summed E-state index contributed by atoms with van der Waals surface area (Å²) in [7, 11) is 0. The molecule has 1 unspecified atom stereocenters. The molecule has 2 N–H and O–H groups in total. The van der Waals surface area contributed by atoms with Crippen molar-refractivity contribution in [3.8, 4) is 5.75 Å². The van der Waals surface area contributed by atoms with Crippen LogP contribution in [-0.4, -0.2) is 29.6 Å². The molecule has 2 fully saturated rings. The predicted molar refractivity (Wildman–Crippen MR) is 85.0 cm³/mol. The standard InChI is InChI=1S/C18H23NO4/c20-11-12-1-5-14(6-2-12)23-15-7-3-13(4-8-15)16-9-10-17(21)19-18(16)22/h3-4,7-8,12,14,16,20H,1-2,5-6,9-11H2,(H,19,21,22). The quantitative estimate of drug-likeness (QED) is 0.834. The number of rotatable bonds is 4. The molecule has 2 aliphatic rings. The first-order valence-electron chi connectivity index (χ1n) is 8.37. The number of nitrogens with one attached hydrogen (secondary N) is 1. The Morgan fingerprint density at radius 3 is 2.35 bits per heavy atom. The van der Waals surface area contributed by atoms with Crippen molar-refractivity contribution in [2.45, 2.75) is 50.5 Å². The van der Waals surface area contributed by atoms with E-state index >= 15 is 0 Å². The minimum absolute atomic E-state index is 0.190. The number of ether oxygens (including phenoxy) is 1. The van der Waals surface area contributed by atoms with Gasteiger partial charge in [0.15, 0.2) is 0 Å². The number of carbonyl (C=O) groups excluding carboxylic acids is 2. The highest BCUT2D eigenvalue weighted by Crippen LogP contribution is 2.29. The summed E-state index contributed by atoms with van der Waals surface area (Å²) >= 11 is 0. The van der Waals surface area contributed by atoms with Crippen molar-refractivity contribution >= 4 is 11.8 Å². The lowest BCUT2D eigenvalue weighted by Gasteiger charge is -2.28. The van der Waals surface area contributed by atoms with Gasteiger partial charge in [0.05, 0.1) is 12.0 Å². The van der Waals surface area contributed by atoms with Gasteiger partial charge in [-0.05, 0) is 55.7 Å². The third-order valence-electron chi connectivity index (χ3n) is 4.88. The highest BCUT2D eigenvalue weighted by atomic mass is 16.5. The molecule has 0 aromatic heterocycles. The predicted octanol–water partition coefficient (Wildman–Crippen LogP) is 2.14. The first-order chi connectivity index (χ1) is 11.2. The van der Waals surface area contributed by atoms with Crippen LogP contribution in [0.3, 0.4) is 0 Å². The fraction of sp³-hybridized carbons (Fsp3) is 0.556. The molecule has 1 aliphatic heterocycles. The maximum absolute atomic E-state index is 11.9. The average molecular weight is 317 g/mol. The van der Waals surface area contributed by atoms with Gasteiger partial charge in [0.2, 0.25) is 11.8 Å².